The van der Waals surface area contributed by atoms with Crippen molar-refractivity contribution in [3.8, 4) is 0 Å². The summed E-state index contributed by atoms with van der Waals surface area (Å²) in [4.78, 5) is 33.1. The van der Waals surface area contributed by atoms with Gasteiger partial charge < -0.3 is 9.80 Å². The lowest BCUT2D eigenvalue weighted by molar-refractivity contribution is -0.132. The molecule has 1 saturated heterocycles. The number of carbonyl (C=O) groups excluding carboxylic acids is 2. The molecule has 0 atom stereocenters. The van der Waals surface area contributed by atoms with Crippen LogP contribution in [-0.2, 0) is 21.2 Å². The molecular formula is C24H23ClN4O4S. The predicted molar refractivity (Wildman–Crippen MR) is 129 cm³/mol. The Morgan fingerprint density at radius 1 is 0.912 bits per heavy atom. The van der Waals surface area contributed by atoms with Crippen molar-refractivity contribution in [2.45, 2.75) is 11.3 Å². The molecule has 3 aromatic rings. The highest BCUT2D eigenvalue weighted by Crippen LogP contribution is 2.24. The molecule has 0 radical (unpaired) electrons. The van der Waals surface area contributed by atoms with E-state index in [-0.39, 0.29) is 39.4 Å². The Morgan fingerprint density at radius 3 is 2.32 bits per heavy atom. The van der Waals surface area contributed by atoms with E-state index in [0.717, 1.165) is 0 Å². The molecule has 1 aliphatic rings. The fourth-order valence-electron chi connectivity index (χ4n) is 3.65. The summed E-state index contributed by atoms with van der Waals surface area (Å²) in [5, 5.41) is 0.272. The highest BCUT2D eigenvalue weighted by atomic mass is 35.5. The summed E-state index contributed by atoms with van der Waals surface area (Å²) in [6.07, 6.45) is 1.87. The first kappa shape index (κ1) is 23.7. The summed E-state index contributed by atoms with van der Waals surface area (Å²) < 4.78 is 28.1. The van der Waals surface area contributed by atoms with Gasteiger partial charge in [0.15, 0.2) is 0 Å². The molecule has 1 aromatic heterocycles. The van der Waals surface area contributed by atoms with Crippen LogP contribution < -0.4 is 4.72 Å². The van der Waals surface area contributed by atoms with Crippen LogP contribution in [0.15, 0.2) is 77.8 Å². The number of para-hydroxylation sites is 1. The van der Waals surface area contributed by atoms with Crippen LogP contribution in [0.4, 0.5) is 5.69 Å². The molecule has 10 heteroatoms. The number of rotatable bonds is 6. The first-order valence-corrected chi connectivity index (χ1v) is 12.5. The Hall–Kier alpha value is -3.43. The van der Waals surface area contributed by atoms with Gasteiger partial charge in [-0.05, 0) is 42.5 Å². The minimum atomic E-state index is -3.94. The van der Waals surface area contributed by atoms with Gasteiger partial charge in [-0.1, -0.05) is 35.9 Å². The van der Waals surface area contributed by atoms with E-state index in [1.165, 1.54) is 18.2 Å². The van der Waals surface area contributed by atoms with Gasteiger partial charge in [-0.15, -0.1) is 0 Å². The molecular weight excluding hydrogens is 476 g/mol. The molecule has 0 aliphatic carbocycles. The number of piperazine rings is 1. The summed E-state index contributed by atoms with van der Waals surface area (Å²) in [5.74, 6) is -0.323. The fraction of sp³-hybridized carbons (Fsp3) is 0.208. The van der Waals surface area contributed by atoms with Gasteiger partial charge in [0.05, 0.1) is 22.0 Å². The number of hydrogen-bond acceptors (Lipinski definition) is 5. The molecule has 34 heavy (non-hydrogen) atoms. The zero-order chi connectivity index (χ0) is 24.1. The van der Waals surface area contributed by atoms with E-state index in [2.05, 4.69) is 9.71 Å². The van der Waals surface area contributed by atoms with Crippen LogP contribution in [-0.4, -0.2) is 61.2 Å². The van der Waals surface area contributed by atoms with Crippen LogP contribution in [0.2, 0.25) is 5.02 Å². The Morgan fingerprint density at radius 2 is 1.62 bits per heavy atom. The molecule has 0 bridgehead atoms. The third-order valence-corrected chi connectivity index (χ3v) is 7.18. The minimum Gasteiger partial charge on any atom is -0.339 e. The minimum absolute atomic E-state index is 0.0375. The molecule has 0 spiro atoms. The van der Waals surface area contributed by atoms with Crippen molar-refractivity contribution in [1.29, 1.82) is 0 Å². The third-order valence-electron chi connectivity index (χ3n) is 5.49. The van der Waals surface area contributed by atoms with Crippen molar-refractivity contribution >= 4 is 39.1 Å². The maximum Gasteiger partial charge on any atom is 0.261 e. The monoisotopic (exact) mass is 498 g/mol. The van der Waals surface area contributed by atoms with Crippen molar-refractivity contribution in [3.63, 3.8) is 0 Å². The van der Waals surface area contributed by atoms with Gasteiger partial charge in [-0.3, -0.25) is 19.3 Å². The standard InChI is InChI=1S/C24H23ClN4O4S/c25-21-9-1-2-10-22(21)27-34(32,33)20-8-5-6-18(16-20)24(31)29-14-12-28(13-15-29)23(30)17-19-7-3-4-11-26-19/h1-11,16,27H,12-15,17H2. The number of anilines is 1. The molecule has 2 heterocycles. The zero-order valence-electron chi connectivity index (χ0n) is 18.2. The van der Waals surface area contributed by atoms with Gasteiger partial charge in [0.25, 0.3) is 15.9 Å². The highest BCUT2D eigenvalue weighted by molar-refractivity contribution is 7.92. The van der Waals surface area contributed by atoms with Crippen molar-refractivity contribution in [2.75, 3.05) is 30.9 Å². The number of amides is 2. The summed E-state index contributed by atoms with van der Waals surface area (Å²) in [5.41, 5.74) is 1.22. The van der Waals surface area contributed by atoms with E-state index in [1.54, 1.807) is 58.5 Å². The SMILES string of the molecule is O=C(Cc1ccccn1)N1CCN(C(=O)c2cccc(S(=O)(=O)Nc3ccccc3Cl)c2)CC1. The van der Waals surface area contributed by atoms with Crippen LogP contribution in [0.3, 0.4) is 0 Å². The first-order valence-electron chi connectivity index (χ1n) is 10.7. The number of nitrogens with zero attached hydrogens (tertiary/aromatic N) is 3. The van der Waals surface area contributed by atoms with Crippen LogP contribution >= 0.6 is 11.6 Å². The Balaban J connectivity index is 1.40. The van der Waals surface area contributed by atoms with E-state index in [9.17, 15) is 18.0 Å². The maximum absolute atomic E-state index is 13.0. The summed E-state index contributed by atoms with van der Waals surface area (Å²) >= 11 is 6.06. The van der Waals surface area contributed by atoms with Crippen LogP contribution in [0.5, 0.6) is 0 Å². The van der Waals surface area contributed by atoms with E-state index < -0.39 is 10.0 Å². The Labute approximate surface area is 203 Å². The number of sulfonamides is 1. The van der Waals surface area contributed by atoms with E-state index in [1.807, 2.05) is 6.07 Å². The Kier molecular flexibility index (Phi) is 7.14. The predicted octanol–water partition coefficient (Wildman–Crippen LogP) is 3.06. The van der Waals surface area contributed by atoms with Crippen LogP contribution in [0.25, 0.3) is 0 Å². The molecule has 1 fully saturated rings. The highest BCUT2D eigenvalue weighted by Gasteiger charge is 2.26. The average Bonchev–Trinajstić information content (AvgIpc) is 2.86. The molecule has 4 rings (SSSR count). The molecule has 0 saturated carbocycles. The van der Waals surface area contributed by atoms with Crippen molar-refractivity contribution in [2.24, 2.45) is 0 Å². The lowest BCUT2D eigenvalue weighted by atomic mass is 10.1. The van der Waals surface area contributed by atoms with Crippen molar-refractivity contribution in [3.05, 3.63) is 89.2 Å². The molecule has 8 nitrogen and oxygen atoms in total. The lowest BCUT2D eigenvalue weighted by Crippen LogP contribution is -2.51. The van der Waals surface area contributed by atoms with Gasteiger partial charge in [0.2, 0.25) is 5.91 Å². The fourth-order valence-corrected chi connectivity index (χ4v) is 5.02. The molecule has 1 aliphatic heterocycles. The van der Waals surface area contributed by atoms with Gasteiger partial charge >= 0.3 is 0 Å². The maximum atomic E-state index is 13.0. The molecule has 2 aromatic carbocycles. The van der Waals surface area contributed by atoms with Gasteiger partial charge in [-0.2, -0.15) is 0 Å². The van der Waals surface area contributed by atoms with Crippen LogP contribution in [0.1, 0.15) is 16.1 Å². The van der Waals surface area contributed by atoms with Gasteiger partial charge in [0.1, 0.15) is 0 Å². The van der Waals surface area contributed by atoms with Crippen molar-refractivity contribution < 1.29 is 18.0 Å². The Bertz CT molecular complexity index is 1290. The largest absolute Gasteiger partial charge is 0.339 e. The third kappa shape index (κ3) is 5.55. The second-order valence-electron chi connectivity index (χ2n) is 7.78. The van der Waals surface area contributed by atoms with E-state index >= 15 is 0 Å². The number of nitrogens with one attached hydrogen (secondary N) is 1. The average molecular weight is 499 g/mol. The summed E-state index contributed by atoms with van der Waals surface area (Å²) in [6, 6.07) is 17.8. The second-order valence-corrected chi connectivity index (χ2v) is 9.87. The lowest BCUT2D eigenvalue weighted by Gasteiger charge is -2.35. The first-order chi connectivity index (χ1) is 16.3. The number of benzene rings is 2. The number of aromatic nitrogens is 1. The second kappa shape index (κ2) is 10.2. The number of pyridine rings is 1. The quantitative estimate of drug-likeness (QED) is 0.563. The number of carbonyl (C=O) groups is 2. The summed E-state index contributed by atoms with van der Waals surface area (Å²) in [6.45, 7) is 1.54. The van der Waals surface area contributed by atoms with Gasteiger partial charge in [-0.25, -0.2) is 8.42 Å². The van der Waals surface area contributed by atoms with Gasteiger partial charge in [0, 0.05) is 43.6 Å². The van der Waals surface area contributed by atoms with E-state index in [4.69, 9.17) is 11.6 Å². The molecule has 2 amide bonds. The molecule has 176 valence electrons. The number of halogens is 1. The zero-order valence-corrected chi connectivity index (χ0v) is 19.8. The molecule has 0 unspecified atom stereocenters. The topological polar surface area (TPSA) is 99.7 Å². The van der Waals surface area contributed by atoms with E-state index in [0.29, 0.717) is 31.9 Å². The smallest absolute Gasteiger partial charge is 0.261 e. The number of hydrogen-bond donors (Lipinski definition) is 1. The molecule has 1 N–H and O–H groups in total. The summed E-state index contributed by atoms with van der Waals surface area (Å²) in [7, 11) is -3.94. The normalized spacial score (nSPS) is 14.0. The van der Waals surface area contributed by atoms with Crippen LogP contribution in [0, 0.1) is 0 Å². The van der Waals surface area contributed by atoms with Crippen molar-refractivity contribution in [1.82, 2.24) is 14.8 Å².